The maximum absolute atomic E-state index is 11.6. The standard InChI is InChI=1S/C12H19N5O3/c1-4-10(18)16-6-5-9(7-16)13-12-11(17(19)20)8(2)14-15(12)3/h9,13H,4-7H2,1-3H3. The molecule has 0 spiro atoms. The quantitative estimate of drug-likeness (QED) is 0.658. The molecule has 1 amide bonds. The maximum atomic E-state index is 11.6. The van der Waals surface area contributed by atoms with Crippen molar-refractivity contribution in [3.8, 4) is 0 Å². The van der Waals surface area contributed by atoms with Crippen molar-refractivity contribution in [3.05, 3.63) is 15.8 Å². The molecule has 0 bridgehead atoms. The van der Waals surface area contributed by atoms with E-state index in [9.17, 15) is 14.9 Å². The van der Waals surface area contributed by atoms with Gasteiger partial charge in [-0.2, -0.15) is 5.10 Å². The Kier molecular flexibility index (Phi) is 3.91. The van der Waals surface area contributed by atoms with Crippen molar-refractivity contribution in [3.63, 3.8) is 0 Å². The summed E-state index contributed by atoms with van der Waals surface area (Å²) >= 11 is 0. The number of likely N-dealkylation sites (tertiary alicyclic amines) is 1. The topological polar surface area (TPSA) is 93.3 Å². The van der Waals surface area contributed by atoms with Gasteiger partial charge in [0, 0.05) is 32.6 Å². The molecule has 0 aromatic carbocycles. The van der Waals surface area contributed by atoms with E-state index in [0.717, 1.165) is 6.42 Å². The molecule has 0 radical (unpaired) electrons. The van der Waals surface area contributed by atoms with Gasteiger partial charge >= 0.3 is 5.69 Å². The van der Waals surface area contributed by atoms with Gasteiger partial charge in [-0.05, 0) is 13.3 Å². The van der Waals surface area contributed by atoms with Gasteiger partial charge in [-0.25, -0.2) is 4.68 Å². The van der Waals surface area contributed by atoms with Gasteiger partial charge in [0.05, 0.1) is 4.92 Å². The monoisotopic (exact) mass is 281 g/mol. The second-order valence-corrected chi connectivity index (χ2v) is 4.99. The first-order chi connectivity index (χ1) is 9.43. The van der Waals surface area contributed by atoms with Crippen molar-refractivity contribution in [1.29, 1.82) is 0 Å². The van der Waals surface area contributed by atoms with Gasteiger partial charge in [0.1, 0.15) is 5.69 Å². The first-order valence-corrected chi connectivity index (χ1v) is 6.66. The van der Waals surface area contributed by atoms with Gasteiger partial charge in [0.15, 0.2) is 0 Å². The molecular weight excluding hydrogens is 262 g/mol. The molecule has 1 aromatic rings. The van der Waals surface area contributed by atoms with E-state index in [1.165, 1.54) is 4.68 Å². The third-order valence-corrected chi connectivity index (χ3v) is 3.56. The van der Waals surface area contributed by atoms with Crippen molar-refractivity contribution in [1.82, 2.24) is 14.7 Å². The van der Waals surface area contributed by atoms with E-state index in [1.54, 1.807) is 18.9 Å². The van der Waals surface area contributed by atoms with E-state index in [4.69, 9.17) is 0 Å². The summed E-state index contributed by atoms with van der Waals surface area (Å²) in [5.41, 5.74) is 0.396. The van der Waals surface area contributed by atoms with Crippen LogP contribution in [0.25, 0.3) is 0 Å². The first kappa shape index (κ1) is 14.3. The smallest absolute Gasteiger partial charge is 0.333 e. The SMILES string of the molecule is CCC(=O)N1CCC(Nc2c([N+](=O)[O-])c(C)nn2C)C1. The van der Waals surface area contributed by atoms with Crippen LogP contribution < -0.4 is 5.32 Å². The van der Waals surface area contributed by atoms with Crippen LogP contribution in [0.3, 0.4) is 0 Å². The number of anilines is 1. The van der Waals surface area contributed by atoms with E-state index in [-0.39, 0.29) is 17.6 Å². The summed E-state index contributed by atoms with van der Waals surface area (Å²) in [7, 11) is 1.67. The number of nitro groups is 1. The molecule has 1 aliphatic rings. The molecule has 2 rings (SSSR count). The predicted molar refractivity (Wildman–Crippen MR) is 73.5 cm³/mol. The van der Waals surface area contributed by atoms with E-state index in [1.807, 2.05) is 6.92 Å². The number of rotatable bonds is 4. The highest BCUT2D eigenvalue weighted by Crippen LogP contribution is 2.29. The fourth-order valence-corrected chi connectivity index (χ4v) is 2.55. The number of nitrogens with zero attached hydrogens (tertiary/aromatic N) is 4. The van der Waals surface area contributed by atoms with E-state index < -0.39 is 4.92 Å². The average Bonchev–Trinajstić information content (AvgIpc) is 2.94. The second kappa shape index (κ2) is 5.48. The summed E-state index contributed by atoms with van der Waals surface area (Å²) in [5, 5.41) is 18.3. The van der Waals surface area contributed by atoms with Crippen LogP contribution in [0.2, 0.25) is 0 Å². The lowest BCUT2D eigenvalue weighted by molar-refractivity contribution is -0.384. The number of carbonyl (C=O) groups excluding carboxylic acids is 1. The minimum absolute atomic E-state index is 0.00719. The fourth-order valence-electron chi connectivity index (χ4n) is 2.55. The summed E-state index contributed by atoms with van der Waals surface area (Å²) < 4.78 is 1.48. The minimum atomic E-state index is -0.422. The Labute approximate surface area is 116 Å². The summed E-state index contributed by atoms with van der Waals surface area (Å²) in [6.45, 7) is 4.71. The molecule has 1 aliphatic heterocycles. The van der Waals surface area contributed by atoms with E-state index in [0.29, 0.717) is 31.0 Å². The molecule has 0 aliphatic carbocycles. The van der Waals surface area contributed by atoms with Crippen LogP contribution in [-0.4, -0.2) is 44.6 Å². The molecule has 20 heavy (non-hydrogen) atoms. The first-order valence-electron chi connectivity index (χ1n) is 6.66. The molecule has 0 saturated carbocycles. The number of aryl methyl sites for hydroxylation is 2. The maximum Gasteiger partial charge on any atom is 0.333 e. The molecule has 1 unspecified atom stereocenters. The molecule has 1 atom stereocenters. The van der Waals surface area contributed by atoms with Crippen LogP contribution in [0.4, 0.5) is 11.5 Å². The molecule has 8 heteroatoms. The lowest BCUT2D eigenvalue weighted by Crippen LogP contribution is -2.31. The van der Waals surface area contributed by atoms with Gasteiger partial charge in [-0.3, -0.25) is 14.9 Å². The third-order valence-electron chi connectivity index (χ3n) is 3.56. The Hall–Kier alpha value is -2.12. The number of carbonyl (C=O) groups is 1. The number of nitrogens with one attached hydrogen (secondary N) is 1. The zero-order valence-electron chi connectivity index (χ0n) is 11.9. The third kappa shape index (κ3) is 2.59. The molecular formula is C12H19N5O3. The van der Waals surface area contributed by atoms with Gasteiger partial charge in [0.2, 0.25) is 11.7 Å². The van der Waals surface area contributed by atoms with Gasteiger partial charge in [-0.15, -0.1) is 0 Å². The van der Waals surface area contributed by atoms with Crippen LogP contribution in [-0.2, 0) is 11.8 Å². The Bertz CT molecular complexity index is 539. The van der Waals surface area contributed by atoms with Crippen LogP contribution in [0, 0.1) is 17.0 Å². The summed E-state index contributed by atoms with van der Waals surface area (Å²) in [6.07, 6.45) is 1.27. The molecule has 8 nitrogen and oxygen atoms in total. The highest BCUT2D eigenvalue weighted by Gasteiger charge is 2.30. The van der Waals surface area contributed by atoms with Crippen molar-refractivity contribution in [2.45, 2.75) is 32.7 Å². The molecule has 1 aromatic heterocycles. The van der Waals surface area contributed by atoms with E-state index >= 15 is 0 Å². The molecule has 1 N–H and O–H groups in total. The summed E-state index contributed by atoms with van der Waals surface area (Å²) in [4.78, 5) is 24.1. The number of hydrogen-bond acceptors (Lipinski definition) is 5. The highest BCUT2D eigenvalue weighted by molar-refractivity contribution is 5.76. The molecule has 2 heterocycles. The van der Waals surface area contributed by atoms with Crippen molar-refractivity contribution < 1.29 is 9.72 Å². The van der Waals surface area contributed by atoms with Crippen molar-refractivity contribution in [2.75, 3.05) is 18.4 Å². The lowest BCUT2D eigenvalue weighted by Gasteiger charge is -2.16. The lowest BCUT2D eigenvalue weighted by atomic mass is 10.2. The van der Waals surface area contributed by atoms with Crippen molar-refractivity contribution in [2.24, 2.45) is 7.05 Å². The number of hydrogen-bond donors (Lipinski definition) is 1. The highest BCUT2D eigenvalue weighted by atomic mass is 16.6. The van der Waals surface area contributed by atoms with Crippen molar-refractivity contribution >= 4 is 17.4 Å². The fraction of sp³-hybridized carbons (Fsp3) is 0.667. The Morgan fingerprint density at radius 2 is 2.30 bits per heavy atom. The predicted octanol–water partition coefficient (Wildman–Crippen LogP) is 1.06. The molecule has 1 saturated heterocycles. The average molecular weight is 281 g/mol. The Balaban J connectivity index is 2.12. The number of amides is 1. The zero-order valence-corrected chi connectivity index (χ0v) is 11.9. The largest absolute Gasteiger partial charge is 0.360 e. The normalized spacial score (nSPS) is 18.4. The summed E-state index contributed by atoms with van der Waals surface area (Å²) in [6, 6.07) is 0.0269. The Morgan fingerprint density at radius 3 is 2.90 bits per heavy atom. The molecule has 1 fully saturated rings. The van der Waals surface area contributed by atoms with Crippen LogP contribution in [0.5, 0.6) is 0 Å². The van der Waals surface area contributed by atoms with Gasteiger partial charge in [0.25, 0.3) is 0 Å². The van der Waals surface area contributed by atoms with Gasteiger partial charge in [-0.1, -0.05) is 6.92 Å². The second-order valence-electron chi connectivity index (χ2n) is 4.99. The summed E-state index contributed by atoms with van der Waals surface area (Å²) in [5.74, 6) is 0.522. The zero-order chi connectivity index (χ0) is 14.9. The minimum Gasteiger partial charge on any atom is -0.360 e. The van der Waals surface area contributed by atoms with Crippen LogP contribution in [0.1, 0.15) is 25.5 Å². The number of aromatic nitrogens is 2. The van der Waals surface area contributed by atoms with E-state index in [2.05, 4.69) is 10.4 Å². The molecule has 110 valence electrons. The van der Waals surface area contributed by atoms with Gasteiger partial charge < -0.3 is 10.2 Å². The van der Waals surface area contributed by atoms with Crippen LogP contribution in [0.15, 0.2) is 0 Å². The Morgan fingerprint density at radius 1 is 1.60 bits per heavy atom. The van der Waals surface area contributed by atoms with Crippen LogP contribution >= 0.6 is 0 Å².